The summed E-state index contributed by atoms with van der Waals surface area (Å²) in [6.07, 6.45) is 2.18. The molecule has 0 saturated carbocycles. The fraction of sp³-hybridized carbons (Fsp3) is 0.400. The van der Waals surface area contributed by atoms with Crippen LogP contribution in [0.4, 0.5) is 19.4 Å². The summed E-state index contributed by atoms with van der Waals surface area (Å²) in [7, 11) is 0. The number of amides is 2. The Hall–Kier alpha value is -5.09. The Morgan fingerprint density at radius 2 is 1.85 bits per heavy atom. The number of aliphatic hydroxyl groups is 1. The fourth-order valence-corrected chi connectivity index (χ4v) is 6.27. The molecular formula is C35H37F2N7O4. The highest BCUT2D eigenvalue weighted by atomic mass is 19.1. The van der Waals surface area contributed by atoms with E-state index in [2.05, 4.69) is 15.7 Å². The number of nitrogens with one attached hydrogen (secondary N) is 2. The molecule has 0 bridgehead atoms. The smallest absolute Gasteiger partial charge is 0.407 e. The van der Waals surface area contributed by atoms with Crippen molar-refractivity contribution in [3.05, 3.63) is 64.9 Å². The molecule has 11 nitrogen and oxygen atoms in total. The van der Waals surface area contributed by atoms with E-state index in [4.69, 9.17) is 9.72 Å². The molecule has 6 rings (SSSR count). The number of hydrogen-bond acceptors (Lipinski definition) is 8. The van der Waals surface area contributed by atoms with Gasteiger partial charge in [-0.1, -0.05) is 6.07 Å². The van der Waals surface area contributed by atoms with Crippen molar-refractivity contribution in [1.29, 1.82) is 5.26 Å². The van der Waals surface area contributed by atoms with Gasteiger partial charge < -0.3 is 25.4 Å². The molecule has 4 heterocycles. The van der Waals surface area contributed by atoms with E-state index >= 15 is 8.78 Å². The van der Waals surface area contributed by atoms with E-state index in [0.717, 1.165) is 0 Å². The van der Waals surface area contributed by atoms with Gasteiger partial charge in [0.15, 0.2) is 0 Å². The Balaban J connectivity index is 1.46. The standard InChI is InChI=1S/C35H37F2N7O4/c1-34(2,3)48-33(46)41-22-8-10-43(11-9-22)31-29-24(17-39-32(29)45)28(30(42-31)19-6-7-20(15-38)25(36)13-19)23-12-21-16-40-44(18-35(4,5)47)27(21)14-26(23)37/h6-7,12-14,16,22,47H,8-11,17-18H2,1-5H3,(H,39,45)(H,41,46). The molecule has 2 amide bonds. The van der Waals surface area contributed by atoms with Crippen LogP contribution in [0, 0.1) is 23.0 Å². The summed E-state index contributed by atoms with van der Waals surface area (Å²) >= 11 is 0. The number of hydrogen-bond donors (Lipinski definition) is 3. The van der Waals surface area contributed by atoms with Crippen LogP contribution in [0.5, 0.6) is 0 Å². The molecular weight excluding hydrogens is 620 g/mol. The number of fused-ring (bicyclic) bond motifs is 2. The van der Waals surface area contributed by atoms with Crippen molar-refractivity contribution in [2.45, 2.75) is 77.8 Å². The van der Waals surface area contributed by atoms with Crippen molar-refractivity contribution in [2.75, 3.05) is 18.0 Å². The molecule has 48 heavy (non-hydrogen) atoms. The van der Waals surface area contributed by atoms with E-state index in [1.807, 2.05) is 11.0 Å². The molecule has 3 N–H and O–H groups in total. The van der Waals surface area contributed by atoms with Gasteiger partial charge in [-0.3, -0.25) is 9.48 Å². The molecule has 2 aliphatic heterocycles. The van der Waals surface area contributed by atoms with Crippen LogP contribution >= 0.6 is 0 Å². The summed E-state index contributed by atoms with van der Waals surface area (Å²) in [6, 6.07) is 8.73. The number of carbonyl (C=O) groups is 2. The van der Waals surface area contributed by atoms with Gasteiger partial charge in [0, 0.05) is 53.8 Å². The SMILES string of the molecule is CC(C)(O)Cn1ncc2cc(-c3c(-c4ccc(C#N)c(F)c4)nc(N4CCC(NC(=O)OC(C)(C)C)CC4)c4c3CNC4=O)c(F)cc21. The predicted molar refractivity (Wildman–Crippen MR) is 175 cm³/mol. The number of benzene rings is 2. The topological polar surface area (TPSA) is 145 Å². The lowest BCUT2D eigenvalue weighted by molar-refractivity contribution is 0.0496. The zero-order valence-electron chi connectivity index (χ0n) is 27.4. The van der Waals surface area contributed by atoms with Gasteiger partial charge in [-0.25, -0.2) is 18.6 Å². The molecule has 0 radical (unpaired) electrons. The number of piperidine rings is 1. The van der Waals surface area contributed by atoms with Crippen LogP contribution in [0.2, 0.25) is 0 Å². The van der Waals surface area contributed by atoms with E-state index in [-0.39, 0.29) is 41.9 Å². The second kappa shape index (κ2) is 12.2. The summed E-state index contributed by atoms with van der Waals surface area (Å²) in [6.45, 7) is 9.79. The molecule has 1 fully saturated rings. The first-order chi connectivity index (χ1) is 22.6. The summed E-state index contributed by atoms with van der Waals surface area (Å²) in [5.74, 6) is -1.35. The van der Waals surface area contributed by atoms with Gasteiger partial charge in [-0.15, -0.1) is 0 Å². The number of nitriles is 1. The van der Waals surface area contributed by atoms with E-state index in [1.54, 1.807) is 52.9 Å². The first-order valence-electron chi connectivity index (χ1n) is 15.8. The van der Waals surface area contributed by atoms with Crippen LogP contribution in [0.15, 0.2) is 36.5 Å². The number of pyridine rings is 1. The van der Waals surface area contributed by atoms with Gasteiger partial charge >= 0.3 is 6.09 Å². The summed E-state index contributed by atoms with van der Waals surface area (Å²) in [5, 5.41) is 30.4. The Bertz CT molecular complexity index is 1980. The first kappa shape index (κ1) is 32.8. The van der Waals surface area contributed by atoms with Crippen LogP contribution in [0.1, 0.15) is 68.9 Å². The zero-order valence-corrected chi connectivity index (χ0v) is 27.4. The number of alkyl carbamates (subject to hydrolysis) is 1. The van der Waals surface area contributed by atoms with Crippen LogP contribution in [0.3, 0.4) is 0 Å². The quantitative estimate of drug-likeness (QED) is 0.249. The molecule has 0 aliphatic carbocycles. The van der Waals surface area contributed by atoms with Crippen molar-refractivity contribution in [2.24, 2.45) is 0 Å². The summed E-state index contributed by atoms with van der Waals surface area (Å²) < 4.78 is 38.2. The van der Waals surface area contributed by atoms with Crippen molar-refractivity contribution < 1.29 is 28.2 Å². The summed E-state index contributed by atoms with van der Waals surface area (Å²) in [5.41, 5.74) is 0.459. The third-order valence-corrected chi connectivity index (χ3v) is 8.35. The Kier molecular flexibility index (Phi) is 8.33. The van der Waals surface area contributed by atoms with Gasteiger partial charge in [0.05, 0.1) is 40.7 Å². The molecule has 0 atom stereocenters. The van der Waals surface area contributed by atoms with E-state index < -0.39 is 28.9 Å². The fourth-order valence-electron chi connectivity index (χ4n) is 6.27. The molecule has 13 heteroatoms. The lowest BCUT2D eigenvalue weighted by atomic mass is 9.90. The lowest BCUT2D eigenvalue weighted by Gasteiger charge is -2.34. The molecule has 2 aliphatic rings. The van der Waals surface area contributed by atoms with Gasteiger partial charge in [0.25, 0.3) is 5.91 Å². The highest BCUT2D eigenvalue weighted by molar-refractivity contribution is 6.07. The van der Waals surface area contributed by atoms with Crippen LogP contribution in [-0.4, -0.2) is 62.2 Å². The average Bonchev–Trinajstić information content (AvgIpc) is 3.57. The maximum absolute atomic E-state index is 16.3. The van der Waals surface area contributed by atoms with Crippen molar-refractivity contribution >= 4 is 28.7 Å². The Labute approximate surface area is 276 Å². The lowest BCUT2D eigenvalue weighted by Crippen LogP contribution is -2.46. The van der Waals surface area contributed by atoms with Gasteiger partial charge in [-0.05, 0) is 71.2 Å². The number of ether oxygens (including phenoxy) is 1. The van der Waals surface area contributed by atoms with E-state index in [0.29, 0.717) is 64.9 Å². The number of halogens is 2. The Morgan fingerprint density at radius 1 is 1.12 bits per heavy atom. The first-order valence-corrected chi connectivity index (χ1v) is 15.8. The van der Waals surface area contributed by atoms with Gasteiger partial charge in [0.2, 0.25) is 0 Å². The number of aromatic nitrogens is 3. The van der Waals surface area contributed by atoms with Crippen molar-refractivity contribution in [3.8, 4) is 28.5 Å². The molecule has 0 spiro atoms. The second-order valence-electron chi connectivity index (χ2n) is 13.9. The highest BCUT2D eigenvalue weighted by Crippen LogP contribution is 2.43. The van der Waals surface area contributed by atoms with Crippen molar-refractivity contribution in [1.82, 2.24) is 25.4 Å². The minimum atomic E-state index is -1.09. The maximum atomic E-state index is 16.3. The van der Waals surface area contributed by atoms with Crippen molar-refractivity contribution in [3.63, 3.8) is 0 Å². The zero-order chi connectivity index (χ0) is 34.5. The Morgan fingerprint density at radius 3 is 2.50 bits per heavy atom. The molecule has 2 aromatic heterocycles. The normalized spacial score (nSPS) is 15.3. The predicted octanol–water partition coefficient (Wildman–Crippen LogP) is 5.42. The maximum Gasteiger partial charge on any atom is 0.407 e. The number of rotatable bonds is 6. The second-order valence-corrected chi connectivity index (χ2v) is 13.9. The third-order valence-electron chi connectivity index (χ3n) is 8.35. The molecule has 4 aromatic rings. The molecule has 2 aromatic carbocycles. The molecule has 250 valence electrons. The average molecular weight is 658 g/mol. The number of nitrogens with zero attached hydrogens (tertiary/aromatic N) is 5. The minimum absolute atomic E-state index is 0.0941. The third kappa shape index (κ3) is 6.53. The number of anilines is 1. The highest BCUT2D eigenvalue weighted by Gasteiger charge is 2.35. The largest absolute Gasteiger partial charge is 0.444 e. The van der Waals surface area contributed by atoms with Crippen LogP contribution in [0.25, 0.3) is 33.3 Å². The monoisotopic (exact) mass is 657 g/mol. The summed E-state index contributed by atoms with van der Waals surface area (Å²) in [4.78, 5) is 32.7. The minimum Gasteiger partial charge on any atom is -0.444 e. The van der Waals surface area contributed by atoms with Gasteiger partial charge in [-0.2, -0.15) is 10.4 Å². The molecule has 1 saturated heterocycles. The van der Waals surface area contributed by atoms with Crippen LogP contribution in [-0.2, 0) is 17.8 Å². The van der Waals surface area contributed by atoms with E-state index in [1.165, 1.54) is 22.9 Å². The number of carbonyl (C=O) groups excluding carboxylic acids is 2. The molecule has 0 unspecified atom stereocenters. The van der Waals surface area contributed by atoms with Gasteiger partial charge in [0.1, 0.15) is 29.1 Å². The van der Waals surface area contributed by atoms with E-state index in [9.17, 15) is 20.0 Å². The van der Waals surface area contributed by atoms with Crippen LogP contribution < -0.4 is 15.5 Å².